The van der Waals surface area contributed by atoms with Crippen molar-refractivity contribution < 1.29 is 1.43 Å². The van der Waals surface area contributed by atoms with Crippen LogP contribution in [0.3, 0.4) is 0 Å². The van der Waals surface area contributed by atoms with Crippen LogP contribution in [0.1, 0.15) is 12.6 Å². The molecule has 0 aliphatic heterocycles. The number of nitrogen functional groups attached to an aromatic ring is 1. The summed E-state index contributed by atoms with van der Waals surface area (Å²) in [6, 6.07) is 5.63. The Labute approximate surface area is 84.8 Å². The molecule has 0 unspecified atom stereocenters. The normalized spacial score (nSPS) is 8.45. The smallest absolute Gasteiger partial charge is 0.0405 e. The Balaban J connectivity index is 0. The number of rotatable bonds is 1. The first-order chi connectivity index (χ1) is 4.75. The average molecular weight is 264 g/mol. The fourth-order valence-electron chi connectivity index (χ4n) is 0.901. The molecule has 0 atom stereocenters. The Hall–Kier alpha value is -0.580. The van der Waals surface area contributed by atoms with E-state index in [0.29, 0.717) is 5.69 Å². The lowest BCUT2D eigenvalue weighted by atomic mass is 10.1. The van der Waals surface area contributed by atoms with Crippen LogP contribution in [0, 0.1) is 12.3 Å². The molecule has 0 aromatic heterocycles. The van der Waals surface area contributed by atoms with Crippen LogP contribution in [-0.2, 0) is 0 Å². The lowest BCUT2D eigenvalue weighted by molar-refractivity contribution is 1.43. The monoisotopic (exact) mass is 264 g/mol. The third-order valence-corrected chi connectivity index (χ3v) is 1.50. The van der Waals surface area contributed by atoms with Gasteiger partial charge in [0, 0.05) is 18.9 Å². The van der Waals surface area contributed by atoms with E-state index in [1.165, 1.54) is 6.21 Å². The van der Waals surface area contributed by atoms with Gasteiger partial charge in [0.15, 0.2) is 0 Å². The molecule has 3 heteroatoms. The van der Waals surface area contributed by atoms with Gasteiger partial charge in [-0.25, -0.2) is 0 Å². The van der Waals surface area contributed by atoms with Gasteiger partial charge in [0.25, 0.3) is 0 Å². The van der Waals surface area contributed by atoms with Gasteiger partial charge >= 0.3 is 0 Å². The number of benzene rings is 1. The van der Waals surface area contributed by atoms with E-state index in [9.17, 15) is 0 Å². The highest BCUT2D eigenvalue weighted by Gasteiger charge is 1.96. The van der Waals surface area contributed by atoms with Crippen molar-refractivity contribution in [1.82, 2.24) is 0 Å². The van der Waals surface area contributed by atoms with Crippen LogP contribution in [0.2, 0.25) is 0 Å². The number of anilines is 1. The van der Waals surface area contributed by atoms with Crippen molar-refractivity contribution >= 4 is 35.9 Å². The molecular formula is C8H13IN2. The predicted octanol–water partition coefficient (Wildman–Crippen LogP) is 2.44. The molecule has 62 valence electrons. The zero-order chi connectivity index (χ0) is 7.56. The Kier molecular flexibility index (Phi) is 4.10. The molecule has 0 saturated heterocycles. The molecule has 0 fully saturated rings. The maximum Gasteiger partial charge on any atom is 0.0405 e. The highest BCUT2D eigenvalue weighted by atomic mass is 127. The highest BCUT2D eigenvalue weighted by molar-refractivity contribution is 14.0. The van der Waals surface area contributed by atoms with E-state index in [0.717, 1.165) is 11.1 Å². The largest absolute Gasteiger partial charge is 0.398 e. The number of aryl methyl sites for hydroxylation is 1. The first kappa shape index (κ1) is 10.4. The zero-order valence-corrected chi connectivity index (χ0v) is 8.63. The summed E-state index contributed by atoms with van der Waals surface area (Å²) in [5, 5.41) is 7.02. The molecule has 1 aromatic rings. The average Bonchev–Trinajstić information content (AvgIpc) is 1.88. The quantitative estimate of drug-likeness (QED) is 0.457. The maximum absolute atomic E-state index is 7.02. The van der Waals surface area contributed by atoms with E-state index < -0.39 is 0 Å². The third-order valence-electron chi connectivity index (χ3n) is 1.50. The highest BCUT2D eigenvalue weighted by Crippen LogP contribution is 2.12. The molecule has 0 saturated carbocycles. The maximum atomic E-state index is 7.02. The molecule has 3 N–H and O–H groups in total. The van der Waals surface area contributed by atoms with Gasteiger partial charge in [0.2, 0.25) is 0 Å². The Bertz CT molecular complexity index is 243. The first-order valence-corrected chi connectivity index (χ1v) is 3.11. The van der Waals surface area contributed by atoms with Crippen molar-refractivity contribution in [3.05, 3.63) is 29.3 Å². The van der Waals surface area contributed by atoms with Crippen molar-refractivity contribution in [1.29, 1.82) is 5.41 Å². The summed E-state index contributed by atoms with van der Waals surface area (Å²) in [6.45, 7) is 1.94. The van der Waals surface area contributed by atoms with Crippen molar-refractivity contribution in [2.75, 3.05) is 5.73 Å². The lowest BCUT2D eigenvalue weighted by Crippen LogP contribution is -1.94. The molecular weight excluding hydrogens is 251 g/mol. The fraction of sp³-hybridized carbons (Fsp3) is 0.125. The van der Waals surface area contributed by atoms with Crippen molar-refractivity contribution in [2.45, 2.75) is 6.92 Å². The van der Waals surface area contributed by atoms with Gasteiger partial charge in [-0.05, 0) is 18.6 Å². The molecule has 0 heterocycles. The van der Waals surface area contributed by atoms with E-state index in [1.54, 1.807) is 6.07 Å². The molecule has 0 radical (unpaired) electrons. The Morgan fingerprint density at radius 3 is 2.55 bits per heavy atom. The second kappa shape index (κ2) is 4.33. The van der Waals surface area contributed by atoms with Crippen LogP contribution in [0.25, 0.3) is 0 Å². The van der Waals surface area contributed by atoms with Gasteiger partial charge in [0.1, 0.15) is 0 Å². The van der Waals surface area contributed by atoms with E-state index in [-0.39, 0.29) is 25.4 Å². The number of hydrogen-bond acceptors (Lipinski definition) is 2. The van der Waals surface area contributed by atoms with E-state index >= 15 is 0 Å². The second-order valence-corrected chi connectivity index (χ2v) is 2.22. The number of nitrogens with two attached hydrogens (primary N) is 1. The van der Waals surface area contributed by atoms with Crippen LogP contribution in [0.5, 0.6) is 0 Å². The molecule has 11 heavy (non-hydrogen) atoms. The minimum Gasteiger partial charge on any atom is -0.398 e. The van der Waals surface area contributed by atoms with Gasteiger partial charge < -0.3 is 11.1 Å². The van der Waals surface area contributed by atoms with Crippen LogP contribution < -0.4 is 5.73 Å². The molecule has 0 bridgehead atoms. The van der Waals surface area contributed by atoms with E-state index in [2.05, 4.69) is 0 Å². The third kappa shape index (κ3) is 2.18. The molecule has 2 nitrogen and oxygen atoms in total. The van der Waals surface area contributed by atoms with Crippen LogP contribution >= 0.6 is 24.0 Å². The van der Waals surface area contributed by atoms with E-state index in [1.807, 2.05) is 19.1 Å². The SMILES string of the molecule is Cc1cccc(N)c1C=N.I.[HH]. The summed E-state index contributed by atoms with van der Waals surface area (Å²) in [6.07, 6.45) is 1.28. The minimum absolute atomic E-state index is 0. The molecule has 1 aromatic carbocycles. The number of halogens is 1. The van der Waals surface area contributed by atoms with Gasteiger partial charge in [-0.1, -0.05) is 12.1 Å². The number of nitrogens with one attached hydrogen (secondary N) is 1. The minimum atomic E-state index is 0. The van der Waals surface area contributed by atoms with Gasteiger partial charge in [0.05, 0.1) is 0 Å². The van der Waals surface area contributed by atoms with Crippen LogP contribution in [0.15, 0.2) is 18.2 Å². The predicted molar refractivity (Wildman–Crippen MR) is 61.0 cm³/mol. The summed E-state index contributed by atoms with van der Waals surface area (Å²) in [5.41, 5.74) is 8.13. The summed E-state index contributed by atoms with van der Waals surface area (Å²) in [5.74, 6) is 0. The molecule has 1 rings (SSSR count). The first-order valence-electron chi connectivity index (χ1n) is 3.11. The molecule has 0 aliphatic carbocycles. The fourth-order valence-corrected chi connectivity index (χ4v) is 0.901. The van der Waals surface area contributed by atoms with Gasteiger partial charge in [-0.3, -0.25) is 0 Å². The Morgan fingerprint density at radius 1 is 1.55 bits per heavy atom. The van der Waals surface area contributed by atoms with Crippen molar-refractivity contribution in [2.24, 2.45) is 0 Å². The summed E-state index contributed by atoms with van der Waals surface area (Å²) in [4.78, 5) is 0. The standard InChI is InChI=1S/C8H10N2.HI.H2/c1-6-3-2-4-8(10)7(6)5-9;;/h2-5,9H,10H2,1H3;2*1H. The summed E-state index contributed by atoms with van der Waals surface area (Å²) >= 11 is 0. The zero-order valence-electron chi connectivity index (χ0n) is 6.29. The molecule has 0 spiro atoms. The Morgan fingerprint density at radius 2 is 2.18 bits per heavy atom. The summed E-state index contributed by atoms with van der Waals surface area (Å²) in [7, 11) is 0. The van der Waals surface area contributed by atoms with E-state index in [4.69, 9.17) is 11.1 Å². The van der Waals surface area contributed by atoms with Crippen molar-refractivity contribution in [3.63, 3.8) is 0 Å². The molecule has 0 aliphatic rings. The number of hydrogen-bond donors (Lipinski definition) is 2. The van der Waals surface area contributed by atoms with Gasteiger partial charge in [-0.2, -0.15) is 0 Å². The van der Waals surface area contributed by atoms with Gasteiger partial charge in [-0.15, -0.1) is 24.0 Å². The second-order valence-electron chi connectivity index (χ2n) is 2.22. The lowest BCUT2D eigenvalue weighted by Gasteiger charge is -2.01. The van der Waals surface area contributed by atoms with Crippen LogP contribution in [-0.4, -0.2) is 6.21 Å². The topological polar surface area (TPSA) is 49.9 Å². The molecule has 0 amide bonds. The van der Waals surface area contributed by atoms with Crippen molar-refractivity contribution in [3.8, 4) is 0 Å². The summed E-state index contributed by atoms with van der Waals surface area (Å²) < 4.78 is 0. The van der Waals surface area contributed by atoms with Crippen LogP contribution in [0.4, 0.5) is 5.69 Å².